The molecule has 1 aliphatic rings. The van der Waals surface area contributed by atoms with Crippen molar-refractivity contribution in [3.63, 3.8) is 0 Å². The Morgan fingerprint density at radius 3 is 2.56 bits per heavy atom. The molecule has 0 spiro atoms. The highest BCUT2D eigenvalue weighted by atomic mass is 16.5. The number of hydrogen-bond acceptors (Lipinski definition) is 4. The molecule has 1 aliphatic heterocycles. The molecule has 27 heavy (non-hydrogen) atoms. The number of piperidine rings is 1. The number of ether oxygens (including phenoxy) is 1. The molecule has 0 saturated carbocycles. The first kappa shape index (κ1) is 18.9. The molecule has 1 fully saturated rings. The molecule has 0 unspecified atom stereocenters. The predicted molar refractivity (Wildman–Crippen MR) is 103 cm³/mol. The van der Waals surface area contributed by atoms with Gasteiger partial charge >= 0.3 is 0 Å². The summed E-state index contributed by atoms with van der Waals surface area (Å²) < 4.78 is 5.66. The fraction of sp³-hybridized carbons (Fsp3) is 0.381. The summed E-state index contributed by atoms with van der Waals surface area (Å²) in [5.74, 6) is 0.623. The Balaban J connectivity index is 1.44. The van der Waals surface area contributed by atoms with E-state index in [-0.39, 0.29) is 24.5 Å². The Labute approximate surface area is 159 Å². The van der Waals surface area contributed by atoms with Gasteiger partial charge in [0, 0.05) is 37.1 Å². The number of nitrogens with one attached hydrogen (secondary N) is 1. The molecule has 6 heteroatoms. The Bertz CT molecular complexity index is 800. The highest BCUT2D eigenvalue weighted by molar-refractivity contribution is 5.94. The van der Waals surface area contributed by atoms with Gasteiger partial charge < -0.3 is 15.0 Å². The van der Waals surface area contributed by atoms with Crippen molar-refractivity contribution in [1.29, 1.82) is 0 Å². The minimum atomic E-state index is -0.130. The van der Waals surface area contributed by atoms with Crippen LogP contribution in [0.25, 0.3) is 0 Å². The summed E-state index contributed by atoms with van der Waals surface area (Å²) in [4.78, 5) is 30.4. The summed E-state index contributed by atoms with van der Waals surface area (Å²) in [5, 5.41) is 3.01. The lowest BCUT2D eigenvalue weighted by Crippen LogP contribution is -2.47. The Morgan fingerprint density at radius 2 is 1.85 bits per heavy atom. The molecule has 0 atom stereocenters. The molecule has 2 aromatic rings. The zero-order valence-electron chi connectivity index (χ0n) is 15.8. The fourth-order valence-electron chi connectivity index (χ4n) is 3.20. The van der Waals surface area contributed by atoms with Crippen LogP contribution in [0.3, 0.4) is 0 Å². The van der Waals surface area contributed by atoms with E-state index < -0.39 is 0 Å². The molecule has 1 aromatic heterocycles. The SMILES string of the molecule is Cc1cccc(OCC(=O)NC2CCN(C(=O)c3ccncc3)CC2)c1C. The molecule has 1 aromatic carbocycles. The third-order valence-corrected chi connectivity index (χ3v) is 4.99. The van der Waals surface area contributed by atoms with Crippen LogP contribution in [-0.2, 0) is 4.79 Å². The summed E-state index contributed by atoms with van der Waals surface area (Å²) >= 11 is 0. The number of hydrogen-bond donors (Lipinski definition) is 1. The maximum atomic E-state index is 12.4. The first-order chi connectivity index (χ1) is 13.0. The highest BCUT2D eigenvalue weighted by Crippen LogP contribution is 2.20. The fourth-order valence-corrected chi connectivity index (χ4v) is 3.20. The molecule has 1 N–H and O–H groups in total. The normalized spacial score (nSPS) is 14.7. The van der Waals surface area contributed by atoms with E-state index >= 15 is 0 Å². The maximum Gasteiger partial charge on any atom is 0.258 e. The molecule has 0 radical (unpaired) electrons. The van der Waals surface area contributed by atoms with E-state index in [1.807, 2.05) is 36.9 Å². The van der Waals surface area contributed by atoms with Gasteiger partial charge in [-0.05, 0) is 56.0 Å². The molecule has 3 rings (SSSR count). The number of carbonyl (C=O) groups excluding carboxylic acids is 2. The van der Waals surface area contributed by atoms with Gasteiger partial charge in [-0.15, -0.1) is 0 Å². The van der Waals surface area contributed by atoms with Crippen molar-refractivity contribution in [3.05, 3.63) is 59.4 Å². The van der Waals surface area contributed by atoms with E-state index in [4.69, 9.17) is 4.74 Å². The first-order valence-corrected chi connectivity index (χ1v) is 9.22. The van der Waals surface area contributed by atoms with E-state index in [2.05, 4.69) is 10.3 Å². The van der Waals surface area contributed by atoms with Crippen molar-refractivity contribution in [3.8, 4) is 5.75 Å². The van der Waals surface area contributed by atoms with Crippen LogP contribution in [0.2, 0.25) is 0 Å². The molecule has 0 bridgehead atoms. The number of carbonyl (C=O) groups is 2. The monoisotopic (exact) mass is 367 g/mol. The molecule has 6 nitrogen and oxygen atoms in total. The van der Waals surface area contributed by atoms with Crippen molar-refractivity contribution >= 4 is 11.8 Å². The van der Waals surface area contributed by atoms with Gasteiger partial charge in [-0.2, -0.15) is 0 Å². The van der Waals surface area contributed by atoms with E-state index in [1.165, 1.54) is 0 Å². The Kier molecular flexibility index (Phi) is 6.06. The number of benzene rings is 1. The second-order valence-electron chi connectivity index (χ2n) is 6.86. The van der Waals surface area contributed by atoms with Gasteiger partial charge in [0.2, 0.25) is 0 Å². The molecule has 0 aliphatic carbocycles. The molecular formula is C21H25N3O3. The van der Waals surface area contributed by atoms with Crippen molar-refractivity contribution in [2.75, 3.05) is 19.7 Å². The lowest BCUT2D eigenvalue weighted by atomic mass is 10.0. The number of nitrogens with zero attached hydrogens (tertiary/aromatic N) is 2. The quantitative estimate of drug-likeness (QED) is 0.881. The number of amides is 2. The maximum absolute atomic E-state index is 12.4. The third-order valence-electron chi connectivity index (χ3n) is 4.99. The number of rotatable bonds is 5. The van der Waals surface area contributed by atoms with E-state index in [0.29, 0.717) is 18.7 Å². The molecule has 2 amide bonds. The van der Waals surface area contributed by atoms with E-state index in [9.17, 15) is 9.59 Å². The zero-order valence-corrected chi connectivity index (χ0v) is 15.8. The van der Waals surface area contributed by atoms with Gasteiger partial charge in [0.15, 0.2) is 6.61 Å². The van der Waals surface area contributed by atoms with Crippen molar-refractivity contribution < 1.29 is 14.3 Å². The number of aryl methyl sites for hydroxylation is 1. The zero-order chi connectivity index (χ0) is 19.2. The summed E-state index contributed by atoms with van der Waals surface area (Å²) in [6.45, 7) is 5.26. The van der Waals surface area contributed by atoms with Crippen LogP contribution in [0.1, 0.15) is 34.3 Å². The topological polar surface area (TPSA) is 71.5 Å². The minimum absolute atomic E-state index is 0.000450. The number of aromatic nitrogens is 1. The van der Waals surface area contributed by atoms with Crippen molar-refractivity contribution in [2.45, 2.75) is 32.7 Å². The standard InChI is InChI=1S/C21H25N3O3/c1-15-4-3-5-19(16(15)2)27-14-20(25)23-18-8-12-24(13-9-18)21(26)17-6-10-22-11-7-17/h3-7,10-11,18H,8-9,12-14H2,1-2H3,(H,23,25). The number of likely N-dealkylation sites (tertiary alicyclic amines) is 1. The Hall–Kier alpha value is -2.89. The molecule has 142 valence electrons. The van der Waals surface area contributed by atoms with Gasteiger partial charge in [0.1, 0.15) is 5.75 Å². The van der Waals surface area contributed by atoms with Crippen LogP contribution >= 0.6 is 0 Å². The van der Waals surface area contributed by atoms with E-state index in [1.54, 1.807) is 24.5 Å². The van der Waals surface area contributed by atoms with Gasteiger partial charge in [-0.1, -0.05) is 12.1 Å². The van der Waals surface area contributed by atoms with Crippen LogP contribution < -0.4 is 10.1 Å². The predicted octanol–water partition coefficient (Wildman–Crippen LogP) is 2.50. The van der Waals surface area contributed by atoms with E-state index in [0.717, 1.165) is 29.7 Å². The van der Waals surface area contributed by atoms with Crippen LogP contribution in [0.4, 0.5) is 0 Å². The average Bonchev–Trinajstić information content (AvgIpc) is 2.70. The van der Waals surface area contributed by atoms with Crippen LogP contribution in [0.15, 0.2) is 42.7 Å². The lowest BCUT2D eigenvalue weighted by Gasteiger charge is -2.32. The molecule has 1 saturated heterocycles. The van der Waals surface area contributed by atoms with Crippen LogP contribution in [-0.4, -0.2) is 47.4 Å². The average molecular weight is 367 g/mol. The van der Waals surface area contributed by atoms with Gasteiger partial charge in [-0.25, -0.2) is 0 Å². The molecule has 2 heterocycles. The van der Waals surface area contributed by atoms with Crippen molar-refractivity contribution in [1.82, 2.24) is 15.2 Å². The van der Waals surface area contributed by atoms with Crippen LogP contribution in [0.5, 0.6) is 5.75 Å². The van der Waals surface area contributed by atoms with Gasteiger partial charge in [-0.3, -0.25) is 14.6 Å². The summed E-state index contributed by atoms with van der Waals surface area (Å²) in [6.07, 6.45) is 4.73. The lowest BCUT2D eigenvalue weighted by molar-refractivity contribution is -0.124. The summed E-state index contributed by atoms with van der Waals surface area (Å²) in [5.41, 5.74) is 2.83. The highest BCUT2D eigenvalue weighted by Gasteiger charge is 2.24. The van der Waals surface area contributed by atoms with Crippen molar-refractivity contribution in [2.24, 2.45) is 0 Å². The molecular weight excluding hydrogens is 342 g/mol. The summed E-state index contributed by atoms with van der Waals surface area (Å²) in [7, 11) is 0. The Morgan fingerprint density at radius 1 is 1.15 bits per heavy atom. The third kappa shape index (κ3) is 4.84. The number of pyridine rings is 1. The first-order valence-electron chi connectivity index (χ1n) is 9.22. The smallest absolute Gasteiger partial charge is 0.258 e. The largest absolute Gasteiger partial charge is 0.483 e. The summed E-state index contributed by atoms with van der Waals surface area (Å²) in [6, 6.07) is 9.33. The van der Waals surface area contributed by atoms with Gasteiger partial charge in [0.05, 0.1) is 0 Å². The van der Waals surface area contributed by atoms with Crippen LogP contribution in [0, 0.1) is 13.8 Å². The second kappa shape index (κ2) is 8.66. The van der Waals surface area contributed by atoms with Gasteiger partial charge in [0.25, 0.3) is 11.8 Å². The minimum Gasteiger partial charge on any atom is -0.483 e. The second-order valence-corrected chi connectivity index (χ2v) is 6.86.